The van der Waals surface area contributed by atoms with Crippen LogP contribution in [0, 0.1) is 6.92 Å². The quantitative estimate of drug-likeness (QED) is 0.746. The third-order valence-corrected chi connectivity index (χ3v) is 6.96. The first-order valence-electron chi connectivity index (χ1n) is 10.8. The molecule has 0 spiro atoms. The number of carbonyl (C=O) groups excluding carboxylic acids is 1. The molecule has 0 radical (unpaired) electrons. The molecule has 5 rings (SSSR count). The summed E-state index contributed by atoms with van der Waals surface area (Å²) in [4.78, 5) is 15.7. The fraction of sp³-hybridized carbons (Fsp3) is 0.391. The van der Waals surface area contributed by atoms with Crippen LogP contribution in [0.4, 0.5) is 18.9 Å². The normalized spacial score (nSPS) is 24.5. The topological polar surface area (TPSA) is 74.9 Å². The maximum absolute atomic E-state index is 14.0. The summed E-state index contributed by atoms with van der Waals surface area (Å²) in [6.07, 6.45) is -0.869. The Morgan fingerprint density at radius 3 is 2.76 bits per heavy atom. The molecular weight excluding hydrogens is 433 g/mol. The zero-order valence-electron chi connectivity index (χ0n) is 18.4. The zero-order valence-corrected chi connectivity index (χ0v) is 18.4. The number of nitrogens with zero attached hydrogens (tertiary/aromatic N) is 5. The fourth-order valence-electron chi connectivity index (χ4n) is 5.19. The Kier molecular flexibility index (Phi) is 4.73. The molecule has 2 atom stereocenters. The van der Waals surface area contributed by atoms with E-state index in [1.54, 1.807) is 35.1 Å². The fourth-order valence-corrected chi connectivity index (χ4v) is 5.19. The first-order valence-corrected chi connectivity index (χ1v) is 10.8. The van der Waals surface area contributed by atoms with E-state index in [1.165, 1.54) is 6.07 Å². The van der Waals surface area contributed by atoms with Crippen LogP contribution in [-0.2, 0) is 23.4 Å². The van der Waals surface area contributed by atoms with Crippen molar-refractivity contribution in [2.45, 2.75) is 44.4 Å². The van der Waals surface area contributed by atoms with E-state index in [0.717, 1.165) is 17.8 Å². The van der Waals surface area contributed by atoms with Crippen molar-refractivity contribution in [3.8, 4) is 0 Å². The van der Waals surface area contributed by atoms with E-state index in [9.17, 15) is 18.0 Å². The molecule has 0 aliphatic carbocycles. The summed E-state index contributed by atoms with van der Waals surface area (Å²) >= 11 is 0. The number of carbonyl (C=O) groups is 1. The minimum Gasteiger partial charge on any atom is -0.362 e. The number of amides is 1. The molecule has 2 aromatic rings. The van der Waals surface area contributed by atoms with Crippen molar-refractivity contribution in [3.05, 3.63) is 70.3 Å². The van der Waals surface area contributed by atoms with Gasteiger partial charge in [0.25, 0.3) is 5.91 Å². The molecule has 10 heteroatoms. The molecule has 1 N–H and O–H groups in total. The number of nitrogens with one attached hydrogen (secondary N) is 1. The first kappa shape index (κ1) is 21.4. The summed E-state index contributed by atoms with van der Waals surface area (Å²) in [5.74, 6) is -0.245. The number of rotatable bonds is 3. The van der Waals surface area contributed by atoms with Crippen molar-refractivity contribution in [2.75, 3.05) is 11.4 Å². The predicted molar refractivity (Wildman–Crippen MR) is 115 cm³/mol. The number of halogens is 3. The van der Waals surface area contributed by atoms with Crippen LogP contribution >= 0.6 is 0 Å². The van der Waals surface area contributed by atoms with Crippen LogP contribution in [-0.4, -0.2) is 28.4 Å². The molecule has 1 aromatic heterocycles. The van der Waals surface area contributed by atoms with Gasteiger partial charge in [-0.3, -0.25) is 9.48 Å². The number of fused-ring (bicyclic) bond motifs is 1. The number of aromatic nitrogens is 2. The van der Waals surface area contributed by atoms with Gasteiger partial charge in [0.15, 0.2) is 6.17 Å². The van der Waals surface area contributed by atoms with Crippen LogP contribution in [0.1, 0.15) is 36.6 Å². The molecule has 0 fully saturated rings. The molecule has 4 heterocycles. The Labute approximate surface area is 188 Å². The Bertz CT molecular complexity index is 1240. The molecule has 7 nitrogen and oxygen atoms in total. The van der Waals surface area contributed by atoms with Gasteiger partial charge in [0.05, 0.1) is 40.3 Å². The summed E-state index contributed by atoms with van der Waals surface area (Å²) in [6, 6.07) is 5.25. The van der Waals surface area contributed by atoms with Gasteiger partial charge >= 0.3 is 6.18 Å². The Hall–Kier alpha value is -3.43. The molecule has 1 aromatic carbocycles. The van der Waals surface area contributed by atoms with E-state index in [2.05, 4.69) is 20.6 Å². The van der Waals surface area contributed by atoms with Crippen LogP contribution < -0.4 is 10.2 Å². The van der Waals surface area contributed by atoms with Gasteiger partial charge in [-0.1, -0.05) is 25.1 Å². The summed E-state index contributed by atoms with van der Waals surface area (Å²) in [5, 5.41) is 15.9. The number of anilines is 1. The average molecular weight is 456 g/mol. The van der Waals surface area contributed by atoms with E-state index in [1.807, 2.05) is 13.8 Å². The zero-order chi connectivity index (χ0) is 23.5. The van der Waals surface area contributed by atoms with Crippen molar-refractivity contribution in [3.63, 3.8) is 0 Å². The standard InChI is InChI=1S/C23H23F3N6O/c1-4-22(14-6-5-7-15(10-14)23(24,25)26)16-11-27-30-20(16)29-17-8-9-32(21(33)19(17)22)18-12-28-31(3)13(18)2/h5-7,10-12,20,29H,4,8-9H2,1-3H3/t20?,22-/m1/s1. The second kappa shape index (κ2) is 7.29. The molecule has 3 aliphatic heterocycles. The largest absolute Gasteiger partial charge is 0.416 e. The van der Waals surface area contributed by atoms with Crippen molar-refractivity contribution in [2.24, 2.45) is 17.3 Å². The van der Waals surface area contributed by atoms with E-state index in [0.29, 0.717) is 47.5 Å². The van der Waals surface area contributed by atoms with E-state index in [4.69, 9.17) is 0 Å². The van der Waals surface area contributed by atoms with Gasteiger partial charge in [0.2, 0.25) is 0 Å². The molecule has 3 aliphatic rings. The monoisotopic (exact) mass is 456 g/mol. The SMILES string of the molecule is CC[C@@]1(c2cccc(C(F)(F)F)c2)C2=CN=NC2NC2=C1C(=O)N(c1cnn(C)c1C)CC2. The number of alkyl halides is 3. The third kappa shape index (κ3) is 3.03. The summed E-state index contributed by atoms with van der Waals surface area (Å²) in [5.41, 5.74) is 1.95. The lowest BCUT2D eigenvalue weighted by Crippen LogP contribution is -2.54. The van der Waals surface area contributed by atoms with Crippen molar-refractivity contribution in [1.29, 1.82) is 0 Å². The maximum atomic E-state index is 14.0. The molecule has 0 saturated carbocycles. The van der Waals surface area contributed by atoms with Crippen molar-refractivity contribution < 1.29 is 18.0 Å². The number of aryl methyl sites for hydroxylation is 1. The summed E-state index contributed by atoms with van der Waals surface area (Å²) in [7, 11) is 1.80. The van der Waals surface area contributed by atoms with Gasteiger partial charge < -0.3 is 10.2 Å². The predicted octanol–water partition coefficient (Wildman–Crippen LogP) is 4.37. The summed E-state index contributed by atoms with van der Waals surface area (Å²) < 4.78 is 42.5. The third-order valence-electron chi connectivity index (χ3n) is 6.96. The second-order valence-electron chi connectivity index (χ2n) is 8.50. The smallest absolute Gasteiger partial charge is 0.362 e. The highest BCUT2D eigenvalue weighted by molar-refractivity contribution is 6.10. The minimum absolute atomic E-state index is 0.245. The Morgan fingerprint density at radius 2 is 2.09 bits per heavy atom. The molecule has 1 unspecified atom stereocenters. The van der Waals surface area contributed by atoms with Gasteiger partial charge in [-0.05, 0) is 25.0 Å². The van der Waals surface area contributed by atoms with Crippen LogP contribution in [0.15, 0.2) is 63.7 Å². The molecule has 33 heavy (non-hydrogen) atoms. The van der Waals surface area contributed by atoms with E-state index < -0.39 is 23.3 Å². The van der Waals surface area contributed by atoms with Gasteiger partial charge in [-0.15, -0.1) is 0 Å². The van der Waals surface area contributed by atoms with Crippen LogP contribution in [0.25, 0.3) is 0 Å². The van der Waals surface area contributed by atoms with Crippen LogP contribution in [0.2, 0.25) is 0 Å². The number of benzene rings is 1. The lowest BCUT2D eigenvalue weighted by Gasteiger charge is -2.47. The molecule has 0 bridgehead atoms. The highest BCUT2D eigenvalue weighted by Crippen LogP contribution is 2.52. The number of azo groups is 1. The minimum atomic E-state index is -4.50. The van der Waals surface area contributed by atoms with Gasteiger partial charge in [0.1, 0.15) is 0 Å². The van der Waals surface area contributed by atoms with Crippen molar-refractivity contribution in [1.82, 2.24) is 15.1 Å². The lowest BCUT2D eigenvalue weighted by atomic mass is 9.62. The molecule has 0 saturated heterocycles. The van der Waals surface area contributed by atoms with Crippen LogP contribution in [0.3, 0.4) is 0 Å². The van der Waals surface area contributed by atoms with Gasteiger partial charge in [0, 0.05) is 31.3 Å². The Morgan fingerprint density at radius 1 is 1.30 bits per heavy atom. The lowest BCUT2D eigenvalue weighted by molar-refractivity contribution is -0.137. The van der Waals surface area contributed by atoms with Crippen LogP contribution in [0.5, 0.6) is 0 Å². The average Bonchev–Trinajstić information content (AvgIpc) is 3.39. The van der Waals surface area contributed by atoms with Crippen molar-refractivity contribution >= 4 is 11.6 Å². The molecule has 172 valence electrons. The van der Waals surface area contributed by atoms with Gasteiger partial charge in [-0.25, -0.2) is 0 Å². The molecular formula is C23H23F3N6O. The van der Waals surface area contributed by atoms with Gasteiger partial charge in [-0.2, -0.15) is 28.5 Å². The highest BCUT2D eigenvalue weighted by atomic mass is 19.4. The second-order valence-corrected chi connectivity index (χ2v) is 8.50. The maximum Gasteiger partial charge on any atom is 0.416 e. The highest BCUT2D eigenvalue weighted by Gasteiger charge is 2.53. The molecule has 1 amide bonds. The van der Waals surface area contributed by atoms with E-state index >= 15 is 0 Å². The van der Waals surface area contributed by atoms with E-state index in [-0.39, 0.29) is 5.91 Å². The number of hydrogen-bond donors (Lipinski definition) is 1. The summed E-state index contributed by atoms with van der Waals surface area (Å²) in [6.45, 7) is 4.20. The first-order chi connectivity index (χ1) is 15.7. The number of hydrogen-bond acceptors (Lipinski definition) is 5. The Balaban J connectivity index is 1.72.